The molecule has 1 aliphatic rings. The first-order valence-electron chi connectivity index (χ1n) is 5.89. The molecule has 7 heteroatoms. The summed E-state index contributed by atoms with van der Waals surface area (Å²) in [6, 6.07) is 5.82. The van der Waals surface area contributed by atoms with Crippen LogP contribution < -0.4 is 4.31 Å². The third-order valence-electron chi connectivity index (χ3n) is 3.35. The second kappa shape index (κ2) is 4.92. The molecule has 0 bridgehead atoms. The number of esters is 1. The Kier molecular flexibility index (Phi) is 3.58. The number of aliphatic hydroxyl groups excluding tert-OH is 1. The Morgan fingerprint density at radius 2 is 1.80 bits per heavy atom. The second-order valence-electron chi connectivity index (χ2n) is 4.45. The third kappa shape index (κ3) is 2.08. The molecule has 1 atom stereocenters. The van der Waals surface area contributed by atoms with Gasteiger partial charge in [0.1, 0.15) is 0 Å². The van der Waals surface area contributed by atoms with Crippen LogP contribution in [0.2, 0.25) is 0 Å². The van der Waals surface area contributed by atoms with Gasteiger partial charge in [-0.15, -0.1) is 0 Å². The Bertz CT molecular complexity index is 675. The minimum absolute atomic E-state index is 0.141. The van der Waals surface area contributed by atoms with Gasteiger partial charge in [0.15, 0.2) is 6.23 Å². The number of nitrogens with zero attached hydrogens (tertiary/aromatic N) is 1. The van der Waals surface area contributed by atoms with Crippen molar-refractivity contribution >= 4 is 21.7 Å². The molecule has 1 aliphatic heterocycles. The predicted octanol–water partition coefficient (Wildman–Crippen LogP) is 1.24. The Morgan fingerprint density at radius 1 is 1.25 bits per heavy atom. The first-order valence-corrected chi connectivity index (χ1v) is 7.33. The van der Waals surface area contributed by atoms with Gasteiger partial charge in [0.2, 0.25) is 0 Å². The highest BCUT2D eigenvalue weighted by Crippen LogP contribution is 2.35. The summed E-state index contributed by atoms with van der Waals surface area (Å²) in [6.45, 7) is 3.02. The molecular formula is C13H15NO5S. The van der Waals surface area contributed by atoms with Crippen LogP contribution in [0.4, 0.5) is 5.69 Å². The maximum absolute atomic E-state index is 12.2. The van der Waals surface area contributed by atoms with Crippen LogP contribution in [0, 0.1) is 0 Å². The average Bonchev–Trinajstić information content (AvgIpc) is 2.59. The molecule has 0 saturated carbocycles. The van der Waals surface area contributed by atoms with Crippen molar-refractivity contribution in [3.05, 3.63) is 40.3 Å². The summed E-state index contributed by atoms with van der Waals surface area (Å²) in [6.07, 6.45) is -1.22. The van der Waals surface area contributed by atoms with Gasteiger partial charge in [0, 0.05) is 0 Å². The van der Waals surface area contributed by atoms with E-state index in [0.29, 0.717) is 16.8 Å². The maximum atomic E-state index is 12.2. The molecule has 0 aliphatic carbocycles. The number of hydrogen-bond acceptors (Lipinski definition) is 5. The highest BCUT2D eigenvalue weighted by atomic mass is 32.2. The lowest BCUT2D eigenvalue weighted by Crippen LogP contribution is -2.35. The highest BCUT2D eigenvalue weighted by Gasteiger charge is 2.40. The fourth-order valence-electron chi connectivity index (χ4n) is 1.98. The van der Waals surface area contributed by atoms with Crippen LogP contribution in [0.25, 0.3) is 0 Å². The van der Waals surface area contributed by atoms with E-state index in [2.05, 4.69) is 4.74 Å². The molecule has 1 unspecified atom stereocenters. The predicted molar refractivity (Wildman–Crippen MR) is 73.6 cm³/mol. The number of sulfonamides is 1. The van der Waals surface area contributed by atoms with Gasteiger partial charge in [0.25, 0.3) is 10.0 Å². The van der Waals surface area contributed by atoms with Crippen molar-refractivity contribution in [3.63, 3.8) is 0 Å². The number of ether oxygens (including phenoxy) is 1. The quantitative estimate of drug-likeness (QED) is 0.830. The summed E-state index contributed by atoms with van der Waals surface area (Å²) in [4.78, 5) is 11.5. The van der Waals surface area contributed by atoms with Crippen molar-refractivity contribution < 1.29 is 23.1 Å². The first-order chi connectivity index (χ1) is 9.30. The van der Waals surface area contributed by atoms with Crippen LogP contribution >= 0.6 is 0 Å². The standard InChI is InChI=1S/C13H15NO5S/c1-8-9(2)20(17,18)14(12(8)15)11-6-4-10(5-7-11)13(16)19-3/h4-7,12,15H,1-3H3. The molecule has 0 spiro atoms. The number of allylic oxidation sites excluding steroid dienone is 1. The number of aliphatic hydroxyl groups is 1. The molecule has 108 valence electrons. The van der Waals surface area contributed by atoms with Crippen LogP contribution in [0.1, 0.15) is 24.2 Å². The van der Waals surface area contributed by atoms with E-state index in [4.69, 9.17) is 0 Å². The van der Waals surface area contributed by atoms with Crippen molar-refractivity contribution in [2.24, 2.45) is 0 Å². The average molecular weight is 297 g/mol. The monoisotopic (exact) mass is 297 g/mol. The van der Waals surface area contributed by atoms with Gasteiger partial charge >= 0.3 is 5.97 Å². The largest absolute Gasteiger partial charge is 0.465 e. The summed E-state index contributed by atoms with van der Waals surface area (Å²) in [5.74, 6) is -0.508. The van der Waals surface area contributed by atoms with Gasteiger partial charge in [-0.3, -0.25) is 0 Å². The Labute approximate surface area is 117 Å². The van der Waals surface area contributed by atoms with Gasteiger partial charge in [-0.25, -0.2) is 17.5 Å². The topological polar surface area (TPSA) is 83.9 Å². The van der Waals surface area contributed by atoms with Gasteiger partial charge in [0.05, 0.1) is 23.3 Å². The molecule has 0 fully saturated rings. The lowest BCUT2D eigenvalue weighted by molar-refractivity contribution is 0.0601. The summed E-state index contributed by atoms with van der Waals surface area (Å²) in [5, 5.41) is 10.0. The molecule has 1 heterocycles. The summed E-state index contributed by atoms with van der Waals surface area (Å²) >= 11 is 0. The zero-order valence-electron chi connectivity index (χ0n) is 11.3. The number of methoxy groups -OCH3 is 1. The van der Waals surface area contributed by atoms with Crippen LogP contribution in [0.3, 0.4) is 0 Å². The van der Waals surface area contributed by atoms with Crippen LogP contribution in [0.5, 0.6) is 0 Å². The summed E-state index contributed by atoms with van der Waals surface area (Å²) in [7, 11) is -2.44. The summed E-state index contributed by atoms with van der Waals surface area (Å²) < 4.78 is 29.9. The molecule has 6 nitrogen and oxygen atoms in total. The van der Waals surface area contributed by atoms with E-state index in [-0.39, 0.29) is 4.91 Å². The zero-order valence-corrected chi connectivity index (χ0v) is 12.1. The van der Waals surface area contributed by atoms with Crippen LogP contribution in [-0.2, 0) is 14.8 Å². The number of carbonyl (C=O) groups is 1. The Balaban J connectivity index is 2.41. The van der Waals surface area contributed by atoms with E-state index in [9.17, 15) is 18.3 Å². The van der Waals surface area contributed by atoms with Crippen molar-refractivity contribution in [1.82, 2.24) is 0 Å². The van der Waals surface area contributed by atoms with Crippen molar-refractivity contribution in [2.45, 2.75) is 20.1 Å². The molecule has 0 aromatic heterocycles. The lowest BCUT2D eigenvalue weighted by atomic mass is 10.2. The van der Waals surface area contributed by atoms with E-state index in [1.165, 1.54) is 38.3 Å². The van der Waals surface area contributed by atoms with E-state index in [1.54, 1.807) is 6.92 Å². The number of anilines is 1. The first kappa shape index (κ1) is 14.5. The van der Waals surface area contributed by atoms with Gasteiger partial charge in [-0.05, 0) is 43.7 Å². The normalized spacial score (nSPS) is 21.2. The van der Waals surface area contributed by atoms with Crippen molar-refractivity contribution in [2.75, 3.05) is 11.4 Å². The molecule has 1 N–H and O–H groups in total. The second-order valence-corrected chi connectivity index (χ2v) is 6.41. The van der Waals surface area contributed by atoms with Gasteiger partial charge < -0.3 is 9.84 Å². The number of rotatable bonds is 2. The SMILES string of the molecule is COC(=O)c1ccc(N2C(O)C(C)=C(C)S2(=O)=O)cc1. The Hall–Kier alpha value is -1.86. The molecule has 2 rings (SSSR count). The zero-order chi connectivity index (χ0) is 15.1. The van der Waals surface area contributed by atoms with E-state index >= 15 is 0 Å². The maximum Gasteiger partial charge on any atom is 0.337 e. The van der Waals surface area contributed by atoms with Gasteiger partial charge in [-0.2, -0.15) is 0 Å². The smallest absolute Gasteiger partial charge is 0.337 e. The van der Waals surface area contributed by atoms with Crippen LogP contribution in [-0.4, -0.2) is 32.8 Å². The molecule has 0 radical (unpaired) electrons. The van der Waals surface area contributed by atoms with E-state index in [1.807, 2.05) is 0 Å². The third-order valence-corrected chi connectivity index (χ3v) is 5.38. The molecule has 1 aromatic carbocycles. The number of carbonyl (C=O) groups excluding carboxylic acids is 1. The molecule has 0 saturated heterocycles. The van der Waals surface area contributed by atoms with Crippen molar-refractivity contribution in [3.8, 4) is 0 Å². The highest BCUT2D eigenvalue weighted by molar-refractivity contribution is 7.96. The Morgan fingerprint density at radius 3 is 2.20 bits per heavy atom. The minimum atomic E-state index is -3.71. The molecule has 0 amide bonds. The van der Waals surface area contributed by atoms with Crippen molar-refractivity contribution in [1.29, 1.82) is 0 Å². The molecule has 20 heavy (non-hydrogen) atoms. The molecular weight excluding hydrogens is 282 g/mol. The number of hydrogen-bond donors (Lipinski definition) is 1. The van der Waals surface area contributed by atoms with E-state index < -0.39 is 22.2 Å². The van der Waals surface area contributed by atoms with Crippen LogP contribution in [0.15, 0.2) is 34.7 Å². The summed E-state index contributed by atoms with van der Waals surface area (Å²) in [5.41, 5.74) is 0.993. The van der Waals surface area contributed by atoms with Gasteiger partial charge in [-0.1, -0.05) is 0 Å². The fraction of sp³-hybridized carbons (Fsp3) is 0.308. The molecule has 1 aromatic rings. The lowest BCUT2D eigenvalue weighted by Gasteiger charge is -2.22. The number of benzene rings is 1. The fourth-order valence-corrected chi connectivity index (χ4v) is 3.61. The minimum Gasteiger partial charge on any atom is -0.465 e. The van der Waals surface area contributed by atoms with E-state index in [0.717, 1.165) is 4.31 Å².